The van der Waals surface area contributed by atoms with Crippen LogP contribution in [0.5, 0.6) is 11.5 Å². The smallest absolute Gasteiger partial charge is 0.329 e. The SMILES string of the molecule is COc1cccc(NC(=O)C(=O)N/N=C\c2ccc(OCC(=O)Nc3cc(C)ccc3C)cc2)c1. The molecule has 0 aliphatic rings. The van der Waals surface area contributed by atoms with Crippen molar-refractivity contribution < 1.29 is 23.9 Å². The Morgan fingerprint density at radius 1 is 0.886 bits per heavy atom. The monoisotopic (exact) mass is 474 g/mol. The quantitative estimate of drug-likeness (QED) is 0.263. The van der Waals surface area contributed by atoms with Crippen molar-refractivity contribution in [2.45, 2.75) is 13.8 Å². The van der Waals surface area contributed by atoms with Crippen molar-refractivity contribution in [1.82, 2.24) is 5.43 Å². The maximum absolute atomic E-state index is 12.2. The number of benzene rings is 3. The number of hydrogen-bond acceptors (Lipinski definition) is 6. The van der Waals surface area contributed by atoms with E-state index in [1.165, 1.54) is 13.3 Å². The summed E-state index contributed by atoms with van der Waals surface area (Å²) >= 11 is 0. The predicted octanol–water partition coefficient (Wildman–Crippen LogP) is 3.42. The first-order valence-corrected chi connectivity index (χ1v) is 10.7. The van der Waals surface area contributed by atoms with Crippen LogP contribution in [0.4, 0.5) is 11.4 Å². The van der Waals surface area contributed by atoms with Crippen molar-refractivity contribution in [2.75, 3.05) is 24.4 Å². The lowest BCUT2D eigenvalue weighted by molar-refractivity contribution is -0.136. The van der Waals surface area contributed by atoms with Gasteiger partial charge < -0.3 is 20.1 Å². The summed E-state index contributed by atoms with van der Waals surface area (Å²) in [6.07, 6.45) is 1.38. The fourth-order valence-electron chi connectivity index (χ4n) is 2.96. The predicted molar refractivity (Wildman–Crippen MR) is 134 cm³/mol. The number of aryl methyl sites for hydroxylation is 2. The van der Waals surface area contributed by atoms with E-state index in [1.807, 2.05) is 32.0 Å². The third-order valence-corrected chi connectivity index (χ3v) is 4.83. The number of ether oxygens (including phenoxy) is 2. The van der Waals surface area contributed by atoms with E-state index >= 15 is 0 Å². The van der Waals surface area contributed by atoms with Crippen LogP contribution in [0.2, 0.25) is 0 Å². The van der Waals surface area contributed by atoms with Crippen molar-refractivity contribution >= 4 is 35.3 Å². The highest BCUT2D eigenvalue weighted by Gasteiger charge is 2.13. The average Bonchev–Trinajstić information content (AvgIpc) is 2.85. The average molecular weight is 475 g/mol. The molecule has 180 valence electrons. The molecule has 0 bridgehead atoms. The number of methoxy groups -OCH3 is 1. The van der Waals surface area contributed by atoms with Crippen LogP contribution < -0.4 is 25.5 Å². The summed E-state index contributed by atoms with van der Waals surface area (Å²) in [4.78, 5) is 36.1. The summed E-state index contributed by atoms with van der Waals surface area (Å²) in [5.74, 6) is -0.993. The van der Waals surface area contributed by atoms with Gasteiger partial charge in [0.25, 0.3) is 5.91 Å². The second-order valence-corrected chi connectivity index (χ2v) is 7.61. The summed E-state index contributed by atoms with van der Waals surface area (Å²) in [6, 6.07) is 19.2. The van der Waals surface area contributed by atoms with Gasteiger partial charge >= 0.3 is 11.8 Å². The Morgan fingerprint density at radius 3 is 2.40 bits per heavy atom. The van der Waals surface area contributed by atoms with Crippen LogP contribution in [0.1, 0.15) is 16.7 Å². The molecule has 3 N–H and O–H groups in total. The zero-order valence-corrected chi connectivity index (χ0v) is 19.6. The van der Waals surface area contributed by atoms with Gasteiger partial charge in [-0.05, 0) is 73.0 Å². The van der Waals surface area contributed by atoms with E-state index in [2.05, 4.69) is 21.2 Å². The first-order chi connectivity index (χ1) is 16.8. The van der Waals surface area contributed by atoms with Crippen molar-refractivity contribution in [3.8, 4) is 11.5 Å². The van der Waals surface area contributed by atoms with E-state index < -0.39 is 11.8 Å². The van der Waals surface area contributed by atoms with Gasteiger partial charge in [-0.1, -0.05) is 18.2 Å². The van der Waals surface area contributed by atoms with E-state index in [4.69, 9.17) is 9.47 Å². The molecule has 3 aromatic rings. The summed E-state index contributed by atoms with van der Waals surface area (Å²) in [6.45, 7) is 3.74. The zero-order valence-electron chi connectivity index (χ0n) is 19.6. The highest BCUT2D eigenvalue weighted by atomic mass is 16.5. The molecule has 0 atom stereocenters. The highest BCUT2D eigenvalue weighted by Crippen LogP contribution is 2.17. The Hall–Kier alpha value is -4.66. The third kappa shape index (κ3) is 7.71. The van der Waals surface area contributed by atoms with E-state index in [0.29, 0.717) is 22.7 Å². The van der Waals surface area contributed by atoms with Gasteiger partial charge in [0.1, 0.15) is 11.5 Å². The number of carbonyl (C=O) groups excluding carboxylic acids is 3. The summed E-state index contributed by atoms with van der Waals surface area (Å²) in [7, 11) is 1.51. The van der Waals surface area contributed by atoms with Crippen LogP contribution in [0.15, 0.2) is 71.8 Å². The molecular weight excluding hydrogens is 448 g/mol. The molecule has 3 aromatic carbocycles. The van der Waals surface area contributed by atoms with Gasteiger partial charge in [0.2, 0.25) is 0 Å². The number of amides is 3. The van der Waals surface area contributed by atoms with Crippen LogP contribution in [0.3, 0.4) is 0 Å². The number of nitrogens with one attached hydrogen (secondary N) is 3. The molecule has 0 saturated carbocycles. The zero-order chi connectivity index (χ0) is 25.2. The normalized spacial score (nSPS) is 10.5. The van der Waals surface area contributed by atoms with Gasteiger partial charge in [0.15, 0.2) is 6.61 Å². The maximum Gasteiger partial charge on any atom is 0.329 e. The lowest BCUT2D eigenvalue weighted by Gasteiger charge is -2.10. The molecule has 0 radical (unpaired) electrons. The number of nitrogens with zero attached hydrogens (tertiary/aromatic N) is 1. The topological polar surface area (TPSA) is 118 Å². The van der Waals surface area contributed by atoms with E-state index in [1.54, 1.807) is 48.5 Å². The fraction of sp³-hybridized carbons (Fsp3) is 0.154. The van der Waals surface area contributed by atoms with E-state index in [-0.39, 0.29) is 12.5 Å². The standard InChI is InChI=1S/C26H26N4O5/c1-17-7-8-18(2)23(13-17)29-24(31)16-35-21-11-9-19(10-12-21)15-27-30-26(33)25(32)28-20-5-4-6-22(14-20)34-3/h4-15H,16H2,1-3H3,(H,28,32)(H,29,31)(H,30,33)/b27-15-. The largest absolute Gasteiger partial charge is 0.497 e. The van der Waals surface area contributed by atoms with Crippen molar-refractivity contribution in [2.24, 2.45) is 5.10 Å². The lowest BCUT2D eigenvalue weighted by atomic mass is 10.1. The lowest BCUT2D eigenvalue weighted by Crippen LogP contribution is -2.32. The number of carbonyl (C=O) groups is 3. The van der Waals surface area contributed by atoms with Crippen molar-refractivity contribution in [3.05, 3.63) is 83.4 Å². The van der Waals surface area contributed by atoms with Crippen LogP contribution in [0.25, 0.3) is 0 Å². The molecule has 0 heterocycles. The minimum absolute atomic E-state index is 0.140. The van der Waals surface area contributed by atoms with Crippen LogP contribution in [0, 0.1) is 13.8 Å². The Morgan fingerprint density at radius 2 is 1.66 bits per heavy atom. The minimum atomic E-state index is -0.918. The first-order valence-electron chi connectivity index (χ1n) is 10.7. The van der Waals surface area contributed by atoms with Gasteiger partial charge in [-0.3, -0.25) is 14.4 Å². The molecule has 3 amide bonds. The molecule has 35 heavy (non-hydrogen) atoms. The molecule has 0 aliphatic heterocycles. The Balaban J connectivity index is 1.44. The summed E-state index contributed by atoms with van der Waals surface area (Å²) in [5.41, 5.74) is 6.03. The highest BCUT2D eigenvalue weighted by molar-refractivity contribution is 6.39. The molecule has 9 heteroatoms. The number of hydrogen-bond donors (Lipinski definition) is 3. The van der Waals surface area contributed by atoms with Crippen molar-refractivity contribution in [3.63, 3.8) is 0 Å². The Bertz CT molecular complexity index is 1240. The molecule has 9 nitrogen and oxygen atoms in total. The van der Waals surface area contributed by atoms with Crippen LogP contribution in [-0.4, -0.2) is 37.7 Å². The minimum Gasteiger partial charge on any atom is -0.497 e. The van der Waals surface area contributed by atoms with E-state index in [9.17, 15) is 14.4 Å². The first kappa shape index (κ1) is 25.0. The molecule has 0 spiro atoms. The molecule has 0 fully saturated rings. The second-order valence-electron chi connectivity index (χ2n) is 7.61. The Kier molecular flexibility index (Phi) is 8.55. The molecule has 3 rings (SSSR count). The van der Waals surface area contributed by atoms with Crippen LogP contribution >= 0.6 is 0 Å². The van der Waals surface area contributed by atoms with Gasteiger partial charge in [0.05, 0.1) is 13.3 Å². The second kappa shape index (κ2) is 12.0. The number of rotatable bonds is 8. The molecule has 0 unspecified atom stereocenters. The van der Waals surface area contributed by atoms with Gasteiger partial charge in [0, 0.05) is 17.4 Å². The number of anilines is 2. The van der Waals surface area contributed by atoms with Gasteiger partial charge in [-0.15, -0.1) is 0 Å². The molecule has 0 aromatic heterocycles. The molecular formula is C26H26N4O5. The number of hydrazone groups is 1. The molecule has 0 saturated heterocycles. The third-order valence-electron chi connectivity index (χ3n) is 4.83. The van der Waals surface area contributed by atoms with E-state index in [0.717, 1.165) is 16.8 Å². The van der Waals surface area contributed by atoms with Gasteiger partial charge in [-0.25, -0.2) is 5.43 Å². The van der Waals surface area contributed by atoms with Crippen LogP contribution in [-0.2, 0) is 14.4 Å². The fourth-order valence-corrected chi connectivity index (χ4v) is 2.96. The van der Waals surface area contributed by atoms with Crippen molar-refractivity contribution in [1.29, 1.82) is 0 Å². The Labute approximate surface area is 203 Å². The summed E-state index contributed by atoms with van der Waals surface area (Å²) in [5, 5.41) is 9.09. The summed E-state index contributed by atoms with van der Waals surface area (Å²) < 4.78 is 10.6. The molecule has 0 aliphatic carbocycles. The maximum atomic E-state index is 12.2. The van der Waals surface area contributed by atoms with Gasteiger partial charge in [-0.2, -0.15) is 5.10 Å².